The number of hydrogen-bond acceptors (Lipinski definition) is 3. The number of rotatable bonds is 2. The second kappa shape index (κ2) is 5.91. The van der Waals surface area contributed by atoms with Crippen LogP contribution in [0.2, 0.25) is 10.0 Å². The van der Waals surface area contributed by atoms with Gasteiger partial charge in [-0.3, -0.25) is 4.79 Å². The van der Waals surface area contributed by atoms with Crippen LogP contribution in [0.15, 0.2) is 34.8 Å². The average molecular weight is 376 g/mol. The first-order valence-electron chi connectivity index (χ1n) is 5.43. The van der Waals surface area contributed by atoms with Crippen molar-refractivity contribution in [3.8, 4) is 5.75 Å². The summed E-state index contributed by atoms with van der Waals surface area (Å²) in [6.07, 6.45) is 0. The molecule has 0 fully saturated rings. The fourth-order valence-electron chi connectivity index (χ4n) is 1.55. The van der Waals surface area contributed by atoms with Crippen molar-refractivity contribution in [3.05, 3.63) is 50.4 Å². The first-order valence-corrected chi connectivity index (χ1v) is 6.98. The SMILES string of the molecule is Nc1c(Cl)cc(NC(=O)c2cc(Br)ccc2O)cc1Cl. The number of nitrogen functional groups attached to an aromatic ring is 1. The molecule has 4 nitrogen and oxygen atoms in total. The molecule has 0 saturated heterocycles. The molecule has 0 aliphatic heterocycles. The lowest BCUT2D eigenvalue weighted by atomic mass is 10.2. The zero-order valence-corrected chi connectivity index (χ0v) is 13.1. The van der Waals surface area contributed by atoms with Crippen LogP contribution in [0.25, 0.3) is 0 Å². The summed E-state index contributed by atoms with van der Waals surface area (Å²) in [4.78, 5) is 12.1. The van der Waals surface area contributed by atoms with Gasteiger partial charge in [-0.25, -0.2) is 0 Å². The van der Waals surface area contributed by atoms with Gasteiger partial charge in [0.15, 0.2) is 0 Å². The fourth-order valence-corrected chi connectivity index (χ4v) is 2.39. The van der Waals surface area contributed by atoms with Gasteiger partial charge in [0.1, 0.15) is 5.75 Å². The molecule has 0 saturated carbocycles. The van der Waals surface area contributed by atoms with E-state index in [-0.39, 0.29) is 27.0 Å². The van der Waals surface area contributed by atoms with Gasteiger partial charge >= 0.3 is 0 Å². The molecule has 0 bridgehead atoms. The maximum Gasteiger partial charge on any atom is 0.259 e. The van der Waals surface area contributed by atoms with Crippen LogP contribution in [-0.4, -0.2) is 11.0 Å². The molecule has 0 heterocycles. The van der Waals surface area contributed by atoms with E-state index in [2.05, 4.69) is 21.2 Å². The van der Waals surface area contributed by atoms with Crippen LogP contribution in [0.5, 0.6) is 5.75 Å². The van der Waals surface area contributed by atoms with Crippen molar-refractivity contribution in [3.63, 3.8) is 0 Å². The normalized spacial score (nSPS) is 10.3. The minimum atomic E-state index is -0.485. The molecular weight excluding hydrogens is 367 g/mol. The quantitative estimate of drug-likeness (QED) is 0.685. The first kappa shape index (κ1) is 15.0. The minimum absolute atomic E-state index is 0.127. The van der Waals surface area contributed by atoms with Gasteiger partial charge in [-0.05, 0) is 30.3 Å². The Bertz CT molecular complexity index is 669. The first-order chi connectivity index (χ1) is 9.38. The lowest BCUT2D eigenvalue weighted by Gasteiger charge is -2.09. The molecule has 0 spiro atoms. The molecule has 20 heavy (non-hydrogen) atoms. The molecule has 0 radical (unpaired) electrons. The molecule has 1 amide bonds. The lowest BCUT2D eigenvalue weighted by molar-refractivity contribution is 0.102. The average Bonchev–Trinajstić information content (AvgIpc) is 2.38. The molecule has 0 aromatic heterocycles. The highest BCUT2D eigenvalue weighted by molar-refractivity contribution is 9.10. The summed E-state index contributed by atoms with van der Waals surface area (Å²) in [7, 11) is 0. The van der Waals surface area contributed by atoms with Crippen molar-refractivity contribution in [1.29, 1.82) is 0 Å². The third-order valence-corrected chi connectivity index (χ3v) is 3.66. The molecule has 0 unspecified atom stereocenters. The minimum Gasteiger partial charge on any atom is -0.507 e. The Hall–Kier alpha value is -1.43. The number of carbonyl (C=O) groups is 1. The van der Waals surface area contributed by atoms with Gasteiger partial charge in [-0.15, -0.1) is 0 Å². The molecular formula is C13H9BrCl2N2O2. The van der Waals surface area contributed by atoms with E-state index in [0.29, 0.717) is 10.2 Å². The summed E-state index contributed by atoms with van der Waals surface area (Å²) >= 11 is 15.0. The van der Waals surface area contributed by atoms with Crippen molar-refractivity contribution in [2.24, 2.45) is 0 Å². The van der Waals surface area contributed by atoms with Crippen molar-refractivity contribution in [1.82, 2.24) is 0 Å². The topological polar surface area (TPSA) is 75.3 Å². The largest absolute Gasteiger partial charge is 0.507 e. The number of hydrogen-bond donors (Lipinski definition) is 3. The highest BCUT2D eigenvalue weighted by Gasteiger charge is 2.13. The maximum absolute atomic E-state index is 12.1. The molecule has 0 aliphatic carbocycles. The van der Waals surface area contributed by atoms with Gasteiger partial charge in [0.05, 0.1) is 21.3 Å². The van der Waals surface area contributed by atoms with E-state index >= 15 is 0 Å². The van der Waals surface area contributed by atoms with Crippen LogP contribution in [0.1, 0.15) is 10.4 Å². The maximum atomic E-state index is 12.1. The zero-order valence-electron chi connectivity index (χ0n) is 9.95. The Morgan fingerprint density at radius 1 is 1.20 bits per heavy atom. The van der Waals surface area contributed by atoms with Gasteiger partial charge < -0.3 is 16.2 Å². The molecule has 7 heteroatoms. The fraction of sp³-hybridized carbons (Fsp3) is 0. The number of anilines is 2. The number of carbonyl (C=O) groups excluding carboxylic acids is 1. The Morgan fingerprint density at radius 2 is 1.80 bits per heavy atom. The second-order valence-electron chi connectivity index (χ2n) is 3.97. The van der Waals surface area contributed by atoms with Crippen molar-refractivity contribution < 1.29 is 9.90 Å². The Kier molecular flexibility index (Phi) is 4.42. The summed E-state index contributed by atoms with van der Waals surface area (Å²) in [5.74, 6) is -0.612. The number of phenolic OH excluding ortho intramolecular Hbond substituents is 1. The van der Waals surface area contributed by atoms with E-state index in [4.69, 9.17) is 28.9 Å². The van der Waals surface area contributed by atoms with E-state index < -0.39 is 5.91 Å². The number of nitrogens with two attached hydrogens (primary N) is 1. The van der Waals surface area contributed by atoms with Crippen LogP contribution in [0.3, 0.4) is 0 Å². The predicted octanol–water partition coefficient (Wildman–Crippen LogP) is 4.30. The summed E-state index contributed by atoms with van der Waals surface area (Å²) < 4.78 is 0.675. The van der Waals surface area contributed by atoms with E-state index in [1.54, 1.807) is 6.07 Å². The third kappa shape index (κ3) is 3.17. The summed E-state index contributed by atoms with van der Waals surface area (Å²) in [5, 5.41) is 12.8. The predicted molar refractivity (Wildman–Crippen MR) is 84.6 cm³/mol. The smallest absolute Gasteiger partial charge is 0.259 e. The standard InChI is InChI=1S/C13H9BrCl2N2O2/c14-6-1-2-11(19)8(3-6)13(20)18-7-4-9(15)12(17)10(16)5-7/h1-5,19H,17H2,(H,18,20). The number of halogens is 3. The monoisotopic (exact) mass is 374 g/mol. The molecule has 0 atom stereocenters. The Balaban J connectivity index is 2.30. The lowest BCUT2D eigenvalue weighted by Crippen LogP contribution is -2.12. The molecule has 104 valence electrons. The third-order valence-electron chi connectivity index (χ3n) is 2.54. The Morgan fingerprint density at radius 3 is 2.40 bits per heavy atom. The van der Waals surface area contributed by atoms with Gasteiger partial charge in [0.25, 0.3) is 5.91 Å². The van der Waals surface area contributed by atoms with Gasteiger partial charge in [-0.1, -0.05) is 39.1 Å². The second-order valence-corrected chi connectivity index (χ2v) is 5.70. The van der Waals surface area contributed by atoms with Crippen molar-refractivity contribution in [2.75, 3.05) is 11.1 Å². The summed E-state index contributed by atoms with van der Waals surface area (Å²) in [5.41, 5.74) is 6.38. The van der Waals surface area contributed by atoms with Crippen LogP contribution >= 0.6 is 39.1 Å². The molecule has 2 aromatic carbocycles. The molecule has 2 rings (SSSR count). The van der Waals surface area contributed by atoms with E-state index in [1.807, 2.05) is 0 Å². The van der Waals surface area contributed by atoms with E-state index in [9.17, 15) is 9.90 Å². The van der Waals surface area contributed by atoms with Gasteiger partial charge in [0.2, 0.25) is 0 Å². The van der Waals surface area contributed by atoms with Crippen LogP contribution in [0, 0.1) is 0 Å². The number of phenols is 1. The molecule has 4 N–H and O–H groups in total. The van der Waals surface area contributed by atoms with Crippen LogP contribution in [0.4, 0.5) is 11.4 Å². The highest BCUT2D eigenvalue weighted by atomic mass is 79.9. The number of amides is 1. The number of benzene rings is 2. The number of aromatic hydroxyl groups is 1. The summed E-state index contributed by atoms with van der Waals surface area (Å²) in [6, 6.07) is 7.52. The molecule has 0 aliphatic rings. The van der Waals surface area contributed by atoms with Crippen molar-refractivity contribution in [2.45, 2.75) is 0 Å². The van der Waals surface area contributed by atoms with Crippen molar-refractivity contribution >= 4 is 56.4 Å². The van der Waals surface area contributed by atoms with E-state index in [1.165, 1.54) is 24.3 Å². The zero-order chi connectivity index (χ0) is 14.9. The Labute approximate surface area is 133 Å². The van der Waals surface area contributed by atoms with Crippen LogP contribution < -0.4 is 11.1 Å². The van der Waals surface area contributed by atoms with Gasteiger partial charge in [-0.2, -0.15) is 0 Å². The van der Waals surface area contributed by atoms with Crippen LogP contribution in [-0.2, 0) is 0 Å². The molecule has 2 aromatic rings. The highest BCUT2D eigenvalue weighted by Crippen LogP contribution is 2.31. The number of nitrogens with one attached hydrogen (secondary N) is 1. The van der Waals surface area contributed by atoms with E-state index in [0.717, 1.165) is 0 Å². The summed E-state index contributed by atoms with van der Waals surface area (Å²) in [6.45, 7) is 0. The van der Waals surface area contributed by atoms with Gasteiger partial charge in [0, 0.05) is 10.2 Å².